The van der Waals surface area contributed by atoms with Gasteiger partial charge in [0.2, 0.25) is 5.60 Å². The zero-order chi connectivity index (χ0) is 18.2. The zero-order valence-corrected chi connectivity index (χ0v) is 16.0. The Balaban J connectivity index is 1.99. The van der Waals surface area contributed by atoms with Gasteiger partial charge in [0.15, 0.2) is 5.78 Å². The van der Waals surface area contributed by atoms with Gasteiger partial charge in [-0.05, 0) is 44.7 Å². The molecule has 1 aromatic carbocycles. The van der Waals surface area contributed by atoms with E-state index in [0.717, 1.165) is 31.2 Å². The predicted molar refractivity (Wildman–Crippen MR) is 96.7 cm³/mol. The Bertz CT molecular complexity index is 710. The first-order chi connectivity index (χ1) is 11.9. The highest BCUT2D eigenvalue weighted by Gasteiger charge is 2.47. The van der Waals surface area contributed by atoms with Gasteiger partial charge in [0.25, 0.3) is 0 Å². The van der Waals surface area contributed by atoms with Crippen molar-refractivity contribution in [2.75, 3.05) is 6.61 Å². The molecule has 0 radical (unpaired) electrons. The third kappa shape index (κ3) is 3.26. The number of fused-ring (bicyclic) bond motifs is 1. The average molecular weight is 385 g/mol. The number of ketones is 1. The summed E-state index contributed by atoms with van der Waals surface area (Å²) in [6.07, 6.45) is 4.98. The lowest BCUT2D eigenvalue weighted by atomic mass is 9.87. The minimum absolute atomic E-state index is 0.00241. The molecule has 0 spiro atoms. The van der Waals surface area contributed by atoms with Crippen LogP contribution in [-0.2, 0) is 16.0 Å². The molecule has 0 heterocycles. The van der Waals surface area contributed by atoms with E-state index in [4.69, 9.17) is 32.7 Å². The number of Topliss-reactive ketones (excluding diaryl/α,β-unsaturated/α-hetero) is 1. The second-order valence-electron chi connectivity index (χ2n) is 6.87. The van der Waals surface area contributed by atoms with E-state index in [9.17, 15) is 9.59 Å². The van der Waals surface area contributed by atoms with Crippen LogP contribution in [0.2, 0.25) is 10.0 Å². The molecule has 136 valence electrons. The smallest absolute Gasteiger partial charge is 0.350 e. The predicted octanol–water partition coefficient (Wildman–Crippen LogP) is 5.01. The van der Waals surface area contributed by atoms with Crippen molar-refractivity contribution >= 4 is 35.0 Å². The summed E-state index contributed by atoms with van der Waals surface area (Å²) in [5.41, 5.74) is 0.195. The fraction of sp³-hybridized carbons (Fsp3) is 0.579. The molecule has 25 heavy (non-hydrogen) atoms. The van der Waals surface area contributed by atoms with Crippen LogP contribution in [-0.4, -0.2) is 24.0 Å². The highest BCUT2D eigenvalue weighted by Crippen LogP contribution is 2.44. The number of ether oxygens (including phenoxy) is 2. The van der Waals surface area contributed by atoms with Gasteiger partial charge in [-0.3, -0.25) is 4.79 Å². The van der Waals surface area contributed by atoms with Crippen molar-refractivity contribution in [1.82, 2.24) is 0 Å². The van der Waals surface area contributed by atoms with E-state index in [2.05, 4.69) is 0 Å². The van der Waals surface area contributed by atoms with Crippen molar-refractivity contribution in [1.29, 1.82) is 0 Å². The molecule has 1 aromatic rings. The van der Waals surface area contributed by atoms with Gasteiger partial charge in [0.1, 0.15) is 10.8 Å². The van der Waals surface area contributed by atoms with Crippen LogP contribution in [0.25, 0.3) is 0 Å². The van der Waals surface area contributed by atoms with E-state index in [1.807, 2.05) is 0 Å². The summed E-state index contributed by atoms with van der Waals surface area (Å²) >= 11 is 12.7. The molecule has 1 unspecified atom stereocenters. The number of aryl methyl sites for hydroxylation is 1. The lowest BCUT2D eigenvalue weighted by Gasteiger charge is -2.34. The number of hydrogen-bond donors (Lipinski definition) is 0. The quantitative estimate of drug-likeness (QED) is 0.669. The van der Waals surface area contributed by atoms with Gasteiger partial charge in [-0.2, -0.15) is 0 Å². The van der Waals surface area contributed by atoms with Crippen LogP contribution in [0, 0.1) is 5.92 Å². The van der Waals surface area contributed by atoms with E-state index in [0.29, 0.717) is 24.2 Å². The molecule has 0 aliphatic heterocycles. The highest BCUT2D eigenvalue weighted by atomic mass is 35.5. The summed E-state index contributed by atoms with van der Waals surface area (Å²) in [4.78, 5) is 24.6. The second-order valence-corrected chi connectivity index (χ2v) is 7.63. The summed E-state index contributed by atoms with van der Waals surface area (Å²) in [7, 11) is 0. The van der Waals surface area contributed by atoms with Crippen molar-refractivity contribution in [3.63, 3.8) is 0 Å². The molecule has 1 saturated carbocycles. The van der Waals surface area contributed by atoms with Gasteiger partial charge >= 0.3 is 5.97 Å². The normalized spacial score (nSPS) is 19.6. The summed E-state index contributed by atoms with van der Waals surface area (Å²) in [5.74, 6) is 0.0295. The number of benzene rings is 1. The summed E-state index contributed by atoms with van der Waals surface area (Å²) in [5, 5.41) is 0.401. The first-order valence-corrected chi connectivity index (χ1v) is 9.54. The maximum absolute atomic E-state index is 12.7. The third-order valence-electron chi connectivity index (χ3n) is 5.29. The third-order valence-corrected chi connectivity index (χ3v) is 6.14. The maximum Gasteiger partial charge on any atom is 0.350 e. The zero-order valence-electron chi connectivity index (χ0n) is 14.5. The van der Waals surface area contributed by atoms with Gasteiger partial charge in [-0.1, -0.05) is 36.0 Å². The molecular formula is C19H22Cl2O4. The monoisotopic (exact) mass is 384 g/mol. The van der Waals surface area contributed by atoms with Crippen LogP contribution in [0.3, 0.4) is 0 Å². The summed E-state index contributed by atoms with van der Waals surface area (Å²) in [6.45, 7) is 3.83. The number of carbonyl (C=O) groups excluding carboxylic acids is 2. The van der Waals surface area contributed by atoms with Crippen LogP contribution in [0.1, 0.15) is 61.9 Å². The summed E-state index contributed by atoms with van der Waals surface area (Å²) in [6, 6.07) is 1.75. The molecule has 0 N–H and O–H groups in total. The van der Waals surface area contributed by atoms with Crippen molar-refractivity contribution in [2.24, 2.45) is 5.92 Å². The van der Waals surface area contributed by atoms with Crippen LogP contribution < -0.4 is 4.74 Å². The van der Waals surface area contributed by atoms with Gasteiger partial charge < -0.3 is 9.47 Å². The highest BCUT2D eigenvalue weighted by molar-refractivity contribution is 6.45. The lowest BCUT2D eigenvalue weighted by Crippen LogP contribution is -2.48. The molecular weight excluding hydrogens is 363 g/mol. The topological polar surface area (TPSA) is 52.6 Å². The molecule has 4 nitrogen and oxygen atoms in total. The first-order valence-electron chi connectivity index (χ1n) is 8.78. The lowest BCUT2D eigenvalue weighted by molar-refractivity contribution is -0.165. The minimum atomic E-state index is -1.11. The first kappa shape index (κ1) is 18.5. The Morgan fingerprint density at radius 3 is 2.56 bits per heavy atom. The number of carbonyl (C=O) groups is 2. The Kier molecular flexibility index (Phi) is 5.31. The number of halogens is 2. The number of rotatable bonds is 5. The Labute approximate surface area is 157 Å². The summed E-state index contributed by atoms with van der Waals surface area (Å²) < 4.78 is 11.4. The Morgan fingerprint density at radius 2 is 1.92 bits per heavy atom. The van der Waals surface area contributed by atoms with Crippen molar-refractivity contribution < 1.29 is 19.1 Å². The molecule has 1 fully saturated rings. The average Bonchev–Trinajstić information content (AvgIpc) is 3.23. The number of esters is 1. The molecule has 0 aromatic heterocycles. The molecule has 0 bridgehead atoms. The van der Waals surface area contributed by atoms with E-state index in [1.165, 1.54) is 0 Å². The van der Waals surface area contributed by atoms with E-state index >= 15 is 0 Å². The molecule has 6 heteroatoms. The molecule has 1 atom stereocenters. The van der Waals surface area contributed by atoms with Crippen LogP contribution in [0.15, 0.2) is 6.07 Å². The van der Waals surface area contributed by atoms with Crippen molar-refractivity contribution in [3.8, 4) is 5.75 Å². The van der Waals surface area contributed by atoms with E-state index < -0.39 is 5.60 Å². The molecule has 3 rings (SSSR count). The molecule has 2 aliphatic carbocycles. The Hall–Kier alpha value is -1.26. The van der Waals surface area contributed by atoms with Crippen molar-refractivity contribution in [3.05, 3.63) is 27.2 Å². The van der Waals surface area contributed by atoms with Crippen LogP contribution >= 0.6 is 23.2 Å². The molecule has 0 saturated heterocycles. The van der Waals surface area contributed by atoms with Crippen LogP contribution in [0.4, 0.5) is 0 Å². The van der Waals surface area contributed by atoms with E-state index in [-0.39, 0.29) is 34.3 Å². The van der Waals surface area contributed by atoms with Gasteiger partial charge in [0.05, 0.1) is 11.6 Å². The fourth-order valence-corrected chi connectivity index (χ4v) is 4.38. The van der Waals surface area contributed by atoms with Gasteiger partial charge in [-0.25, -0.2) is 4.79 Å². The largest absolute Gasteiger partial charge is 0.474 e. The number of hydrogen-bond acceptors (Lipinski definition) is 4. The molecule has 0 amide bonds. The fourth-order valence-electron chi connectivity index (χ4n) is 3.87. The molecule has 2 aliphatic rings. The van der Waals surface area contributed by atoms with Crippen molar-refractivity contribution in [2.45, 2.75) is 58.0 Å². The van der Waals surface area contributed by atoms with Crippen LogP contribution in [0.5, 0.6) is 5.75 Å². The standard InChI is InChI=1S/C19H22Cl2O4/c1-3-24-18(23)19(2,12-6-4-5-7-12)25-14-10-11-8-9-13(22)15(11)17(21)16(14)20/h10,12H,3-9H2,1-2H3. The van der Waals surface area contributed by atoms with E-state index in [1.54, 1.807) is 19.9 Å². The minimum Gasteiger partial charge on any atom is -0.474 e. The van der Waals surface area contributed by atoms with Gasteiger partial charge in [-0.15, -0.1) is 0 Å². The maximum atomic E-state index is 12.7. The van der Waals surface area contributed by atoms with Gasteiger partial charge in [0, 0.05) is 17.9 Å². The second kappa shape index (κ2) is 7.16. The SMILES string of the molecule is CCOC(=O)C(C)(Oc1cc2c(c(Cl)c1Cl)C(=O)CC2)C1CCCC1. The Morgan fingerprint density at radius 1 is 1.24 bits per heavy atom.